The summed E-state index contributed by atoms with van der Waals surface area (Å²) in [5, 5.41) is 19.1. The van der Waals surface area contributed by atoms with Gasteiger partial charge in [0.05, 0.1) is 30.7 Å². The zero-order valence-corrected chi connectivity index (χ0v) is 21.1. The number of rotatable bonds is 12. The van der Waals surface area contributed by atoms with Crippen LogP contribution in [0.4, 0.5) is 0 Å². The number of benzene rings is 2. The molecular formula is C28H27ClN2O6. The number of halogens is 1. The third-order valence-electron chi connectivity index (χ3n) is 6.07. The molecule has 0 unspecified atom stereocenters. The highest BCUT2D eigenvalue weighted by molar-refractivity contribution is 6.30. The lowest BCUT2D eigenvalue weighted by Crippen LogP contribution is -2.11. The van der Waals surface area contributed by atoms with Gasteiger partial charge in [-0.2, -0.15) is 0 Å². The van der Waals surface area contributed by atoms with Gasteiger partial charge in [0.2, 0.25) is 5.76 Å². The van der Waals surface area contributed by atoms with Gasteiger partial charge >= 0.3 is 11.9 Å². The molecule has 0 amide bonds. The van der Waals surface area contributed by atoms with Crippen LogP contribution in [0, 0.1) is 0 Å². The number of nitrogens with zero attached hydrogens (tertiary/aromatic N) is 2. The zero-order valence-electron chi connectivity index (χ0n) is 20.3. The number of aryl methyl sites for hydroxylation is 1. The number of hydrogen-bond donors (Lipinski definition) is 2. The fourth-order valence-electron chi connectivity index (χ4n) is 4.14. The van der Waals surface area contributed by atoms with E-state index in [0.29, 0.717) is 28.5 Å². The van der Waals surface area contributed by atoms with Crippen LogP contribution in [0.15, 0.2) is 65.3 Å². The highest BCUT2D eigenvalue weighted by Gasteiger charge is 2.18. The maximum atomic E-state index is 11.5. The van der Waals surface area contributed by atoms with Crippen molar-refractivity contribution in [1.82, 2.24) is 9.55 Å². The highest BCUT2D eigenvalue weighted by atomic mass is 35.5. The van der Waals surface area contributed by atoms with Crippen molar-refractivity contribution in [3.63, 3.8) is 0 Å². The van der Waals surface area contributed by atoms with E-state index in [-0.39, 0.29) is 24.5 Å². The molecule has 0 aliphatic rings. The molecule has 2 aromatic heterocycles. The van der Waals surface area contributed by atoms with Gasteiger partial charge in [0, 0.05) is 18.5 Å². The van der Waals surface area contributed by atoms with Gasteiger partial charge in [-0.1, -0.05) is 67.4 Å². The summed E-state index contributed by atoms with van der Waals surface area (Å²) in [6, 6.07) is 15.9. The summed E-state index contributed by atoms with van der Waals surface area (Å²) in [7, 11) is 0. The number of carboxylic acids is 2. The molecule has 9 heteroatoms. The Hall–Kier alpha value is -3.88. The first-order valence-corrected chi connectivity index (χ1v) is 12.3. The van der Waals surface area contributed by atoms with Crippen LogP contribution in [-0.2, 0) is 30.9 Å². The second kappa shape index (κ2) is 11.9. The molecule has 0 bridgehead atoms. The zero-order chi connectivity index (χ0) is 26.4. The van der Waals surface area contributed by atoms with E-state index in [2.05, 4.69) is 11.9 Å². The Morgan fingerprint density at radius 1 is 1.03 bits per heavy atom. The van der Waals surface area contributed by atoms with Crippen LogP contribution < -0.4 is 0 Å². The SMILES string of the molecule is CCCCc1nc(Cl)c(COCc2ccccc2C(=O)O)n1Cc1ccc(-c2ccoc2C(=O)O)cc1. The quantitative estimate of drug-likeness (QED) is 0.224. The molecule has 4 aromatic rings. The minimum atomic E-state index is -1.12. The van der Waals surface area contributed by atoms with Crippen molar-refractivity contribution in [2.24, 2.45) is 0 Å². The van der Waals surface area contributed by atoms with Gasteiger partial charge in [-0.25, -0.2) is 14.6 Å². The van der Waals surface area contributed by atoms with E-state index in [4.69, 9.17) is 20.8 Å². The summed E-state index contributed by atoms with van der Waals surface area (Å²) in [4.78, 5) is 27.5. The smallest absolute Gasteiger partial charge is 0.372 e. The number of unbranched alkanes of at least 4 members (excludes halogenated alkanes) is 1. The van der Waals surface area contributed by atoms with Crippen molar-refractivity contribution in [1.29, 1.82) is 0 Å². The van der Waals surface area contributed by atoms with E-state index in [0.717, 1.165) is 36.2 Å². The Bertz CT molecular complexity index is 1390. The first-order chi connectivity index (χ1) is 17.9. The van der Waals surface area contributed by atoms with E-state index >= 15 is 0 Å². The van der Waals surface area contributed by atoms with Crippen LogP contribution in [0.5, 0.6) is 0 Å². The molecule has 0 aliphatic carbocycles. The van der Waals surface area contributed by atoms with E-state index < -0.39 is 11.9 Å². The molecule has 0 saturated heterocycles. The lowest BCUT2D eigenvalue weighted by molar-refractivity contribution is 0.0659. The second-order valence-corrected chi connectivity index (χ2v) is 8.93. The van der Waals surface area contributed by atoms with Crippen molar-refractivity contribution in [3.8, 4) is 11.1 Å². The summed E-state index contributed by atoms with van der Waals surface area (Å²) < 4.78 is 13.0. The first-order valence-electron chi connectivity index (χ1n) is 11.9. The minimum absolute atomic E-state index is 0.0973. The summed E-state index contributed by atoms with van der Waals surface area (Å²) in [6.45, 7) is 2.90. The van der Waals surface area contributed by atoms with Crippen molar-refractivity contribution < 1.29 is 29.0 Å². The third kappa shape index (κ3) is 6.10. The van der Waals surface area contributed by atoms with Gasteiger partial charge in [0.25, 0.3) is 0 Å². The average molecular weight is 523 g/mol. The Morgan fingerprint density at radius 2 is 1.78 bits per heavy atom. The molecule has 0 atom stereocenters. The Morgan fingerprint density at radius 3 is 2.49 bits per heavy atom. The summed E-state index contributed by atoms with van der Waals surface area (Å²) in [6.07, 6.45) is 4.08. The van der Waals surface area contributed by atoms with Crippen LogP contribution in [0.25, 0.3) is 11.1 Å². The molecule has 8 nitrogen and oxygen atoms in total. The average Bonchev–Trinajstić information content (AvgIpc) is 3.49. The molecule has 2 N–H and O–H groups in total. The number of aromatic carboxylic acids is 2. The van der Waals surface area contributed by atoms with Gasteiger partial charge in [0.15, 0.2) is 5.15 Å². The van der Waals surface area contributed by atoms with E-state index in [1.165, 1.54) is 6.26 Å². The topological polar surface area (TPSA) is 115 Å². The Balaban J connectivity index is 1.55. The monoisotopic (exact) mass is 522 g/mol. The van der Waals surface area contributed by atoms with Crippen LogP contribution in [-0.4, -0.2) is 31.7 Å². The number of furan rings is 1. The fourth-order valence-corrected chi connectivity index (χ4v) is 4.40. The molecule has 0 spiro atoms. The number of ether oxygens (including phenoxy) is 1. The Labute approximate surface area is 219 Å². The lowest BCUT2D eigenvalue weighted by atomic mass is 10.0. The second-order valence-electron chi connectivity index (χ2n) is 8.58. The number of imidazole rings is 1. The lowest BCUT2D eigenvalue weighted by Gasteiger charge is -2.14. The molecule has 2 heterocycles. The highest BCUT2D eigenvalue weighted by Crippen LogP contribution is 2.27. The summed E-state index contributed by atoms with van der Waals surface area (Å²) >= 11 is 6.53. The van der Waals surface area contributed by atoms with Gasteiger partial charge in [0.1, 0.15) is 5.82 Å². The van der Waals surface area contributed by atoms with E-state index in [1.54, 1.807) is 30.3 Å². The predicted octanol–water partition coefficient (Wildman–Crippen LogP) is 6.30. The van der Waals surface area contributed by atoms with Crippen molar-refractivity contribution in [3.05, 3.63) is 100.0 Å². The molecule has 0 fully saturated rings. The number of carboxylic acid groups (broad SMARTS) is 2. The van der Waals surface area contributed by atoms with Crippen LogP contribution in [0.3, 0.4) is 0 Å². The molecule has 0 aliphatic heterocycles. The fraction of sp³-hybridized carbons (Fsp3) is 0.250. The molecular weight excluding hydrogens is 496 g/mol. The first kappa shape index (κ1) is 26.2. The molecule has 192 valence electrons. The molecule has 0 radical (unpaired) electrons. The maximum Gasteiger partial charge on any atom is 0.372 e. The van der Waals surface area contributed by atoms with Gasteiger partial charge in [-0.05, 0) is 35.2 Å². The summed E-state index contributed by atoms with van der Waals surface area (Å²) in [5.41, 5.74) is 3.74. The molecule has 2 aromatic carbocycles. The predicted molar refractivity (Wildman–Crippen MR) is 138 cm³/mol. The van der Waals surface area contributed by atoms with Crippen molar-refractivity contribution in [2.75, 3.05) is 0 Å². The van der Waals surface area contributed by atoms with E-state index in [9.17, 15) is 19.8 Å². The Kier molecular flexibility index (Phi) is 8.43. The number of aromatic nitrogens is 2. The molecule has 37 heavy (non-hydrogen) atoms. The number of carbonyl (C=O) groups is 2. The van der Waals surface area contributed by atoms with Crippen molar-refractivity contribution >= 4 is 23.5 Å². The van der Waals surface area contributed by atoms with Gasteiger partial charge in [-0.15, -0.1) is 0 Å². The minimum Gasteiger partial charge on any atom is -0.478 e. The number of hydrogen-bond acceptors (Lipinski definition) is 5. The molecule has 4 rings (SSSR count). The molecule has 0 saturated carbocycles. The van der Waals surface area contributed by atoms with Crippen LogP contribution >= 0.6 is 11.6 Å². The third-order valence-corrected chi connectivity index (χ3v) is 6.37. The van der Waals surface area contributed by atoms with Crippen molar-refractivity contribution in [2.45, 2.75) is 45.9 Å². The van der Waals surface area contributed by atoms with Gasteiger partial charge in [-0.3, -0.25) is 0 Å². The maximum absolute atomic E-state index is 11.5. The van der Waals surface area contributed by atoms with Crippen LogP contribution in [0.2, 0.25) is 5.15 Å². The van der Waals surface area contributed by atoms with Gasteiger partial charge < -0.3 is 23.9 Å². The summed E-state index contributed by atoms with van der Waals surface area (Å²) in [5.74, 6) is -1.37. The largest absolute Gasteiger partial charge is 0.478 e. The normalized spacial score (nSPS) is 11.1. The van der Waals surface area contributed by atoms with Crippen LogP contribution in [0.1, 0.15) is 63.3 Å². The standard InChI is InChI=1S/C28H27ClN2O6/c1-2-3-8-24-30-26(29)23(17-36-16-20-6-4-5-7-22(20)27(32)33)31(24)15-18-9-11-19(12-10-18)21-13-14-37-25(21)28(34)35/h4-7,9-14H,2-3,8,15-17H2,1H3,(H,32,33)(H,34,35). The van der Waals surface area contributed by atoms with E-state index in [1.807, 2.05) is 28.8 Å².